The first-order valence-corrected chi connectivity index (χ1v) is 6.61. The number of furan rings is 1. The van der Waals surface area contributed by atoms with Gasteiger partial charge in [0.25, 0.3) is 0 Å². The van der Waals surface area contributed by atoms with E-state index in [4.69, 9.17) is 16.0 Å². The molecule has 18 heavy (non-hydrogen) atoms. The minimum absolute atomic E-state index is 0.300. The maximum absolute atomic E-state index is 6.02. The van der Waals surface area contributed by atoms with Crippen molar-refractivity contribution in [1.82, 2.24) is 5.32 Å². The molecule has 3 heteroatoms. The summed E-state index contributed by atoms with van der Waals surface area (Å²) in [7, 11) is 0. The maximum atomic E-state index is 6.02. The van der Waals surface area contributed by atoms with Crippen molar-refractivity contribution in [3.05, 3.63) is 58.5 Å². The molecule has 0 aliphatic carbocycles. The molecule has 2 aromatic rings. The van der Waals surface area contributed by atoms with Crippen LogP contribution in [0.3, 0.4) is 0 Å². The van der Waals surface area contributed by atoms with Gasteiger partial charge in [-0.3, -0.25) is 0 Å². The molecule has 0 saturated heterocycles. The predicted molar refractivity (Wildman–Crippen MR) is 74.8 cm³/mol. The second-order valence-electron chi connectivity index (χ2n) is 4.41. The van der Waals surface area contributed by atoms with Crippen LogP contribution in [0.5, 0.6) is 0 Å². The summed E-state index contributed by atoms with van der Waals surface area (Å²) in [5.74, 6) is 1.91. The predicted octanol–water partition coefficient (Wildman–Crippen LogP) is 4.48. The van der Waals surface area contributed by atoms with Crippen LogP contribution in [0.15, 0.2) is 40.8 Å². The Kier molecular flexibility index (Phi) is 4.45. The molecule has 96 valence electrons. The van der Waals surface area contributed by atoms with Crippen molar-refractivity contribution < 1.29 is 4.42 Å². The first-order chi connectivity index (χ1) is 8.69. The second kappa shape index (κ2) is 6.07. The molecule has 1 unspecified atom stereocenters. The molecule has 0 aliphatic rings. The van der Waals surface area contributed by atoms with E-state index in [1.54, 1.807) is 0 Å². The molecule has 0 spiro atoms. The van der Waals surface area contributed by atoms with E-state index < -0.39 is 0 Å². The average molecular weight is 264 g/mol. The summed E-state index contributed by atoms with van der Waals surface area (Å²) < 4.78 is 5.55. The van der Waals surface area contributed by atoms with E-state index in [0.29, 0.717) is 6.04 Å². The molecule has 0 amide bonds. The Balaban J connectivity index is 2.01. The van der Waals surface area contributed by atoms with E-state index >= 15 is 0 Å². The number of benzene rings is 1. The third-order valence-corrected chi connectivity index (χ3v) is 3.21. The van der Waals surface area contributed by atoms with Gasteiger partial charge in [-0.1, -0.05) is 30.7 Å². The van der Waals surface area contributed by atoms with Crippen LogP contribution in [0.4, 0.5) is 0 Å². The van der Waals surface area contributed by atoms with Gasteiger partial charge in [-0.2, -0.15) is 0 Å². The van der Waals surface area contributed by atoms with Crippen LogP contribution < -0.4 is 5.32 Å². The van der Waals surface area contributed by atoms with Crippen molar-refractivity contribution in [3.8, 4) is 0 Å². The fraction of sp³-hybridized carbons (Fsp3) is 0.333. The van der Waals surface area contributed by atoms with E-state index in [1.807, 2.05) is 37.3 Å². The summed E-state index contributed by atoms with van der Waals surface area (Å²) in [5, 5.41) is 4.27. The summed E-state index contributed by atoms with van der Waals surface area (Å²) in [6.07, 6.45) is 1.01. The minimum atomic E-state index is 0.300. The normalized spacial score (nSPS) is 12.6. The van der Waals surface area contributed by atoms with Gasteiger partial charge in [-0.15, -0.1) is 0 Å². The molecule has 1 atom stereocenters. The Hall–Kier alpha value is -1.25. The SMILES string of the molecule is CCC(NCc1ccc(C)o1)c1cccc(Cl)c1. The molecule has 0 bridgehead atoms. The summed E-state index contributed by atoms with van der Waals surface area (Å²) in [6, 6.07) is 12.3. The van der Waals surface area contributed by atoms with Crippen LogP contribution in [0.25, 0.3) is 0 Å². The minimum Gasteiger partial charge on any atom is -0.465 e. The number of hydrogen-bond donors (Lipinski definition) is 1. The van der Waals surface area contributed by atoms with Crippen molar-refractivity contribution in [2.45, 2.75) is 32.9 Å². The summed E-state index contributed by atoms with van der Waals surface area (Å²) >= 11 is 6.02. The van der Waals surface area contributed by atoms with Gasteiger partial charge < -0.3 is 9.73 Å². The molecule has 1 N–H and O–H groups in total. The van der Waals surface area contributed by atoms with Crippen molar-refractivity contribution >= 4 is 11.6 Å². The van der Waals surface area contributed by atoms with Gasteiger partial charge in [0, 0.05) is 11.1 Å². The highest BCUT2D eigenvalue weighted by Gasteiger charge is 2.09. The van der Waals surface area contributed by atoms with Crippen molar-refractivity contribution in [2.75, 3.05) is 0 Å². The van der Waals surface area contributed by atoms with Crippen LogP contribution in [-0.2, 0) is 6.54 Å². The molecule has 1 heterocycles. The Morgan fingerprint density at radius 2 is 2.11 bits per heavy atom. The first-order valence-electron chi connectivity index (χ1n) is 6.23. The van der Waals surface area contributed by atoms with Crippen LogP contribution in [0, 0.1) is 6.92 Å². The highest BCUT2D eigenvalue weighted by Crippen LogP contribution is 2.21. The highest BCUT2D eigenvalue weighted by atomic mass is 35.5. The zero-order valence-corrected chi connectivity index (χ0v) is 11.5. The zero-order chi connectivity index (χ0) is 13.0. The molecule has 0 radical (unpaired) electrons. The van der Waals surface area contributed by atoms with E-state index in [0.717, 1.165) is 29.5 Å². The monoisotopic (exact) mass is 263 g/mol. The molecule has 1 aromatic heterocycles. The van der Waals surface area contributed by atoms with Gasteiger partial charge in [-0.25, -0.2) is 0 Å². The fourth-order valence-corrected chi connectivity index (χ4v) is 2.22. The quantitative estimate of drug-likeness (QED) is 0.860. The third-order valence-electron chi connectivity index (χ3n) is 2.98. The Morgan fingerprint density at radius 1 is 1.28 bits per heavy atom. The standard InChI is InChI=1S/C15H18ClNO/c1-3-15(12-5-4-6-13(16)9-12)17-10-14-8-7-11(2)18-14/h4-9,15,17H,3,10H2,1-2H3. The van der Waals surface area contributed by atoms with E-state index in [-0.39, 0.29) is 0 Å². The van der Waals surface area contributed by atoms with Gasteiger partial charge >= 0.3 is 0 Å². The van der Waals surface area contributed by atoms with E-state index in [9.17, 15) is 0 Å². The van der Waals surface area contributed by atoms with E-state index in [1.165, 1.54) is 5.56 Å². The number of nitrogens with one attached hydrogen (secondary N) is 1. The summed E-state index contributed by atoms with van der Waals surface area (Å²) in [6.45, 7) is 4.85. The van der Waals surface area contributed by atoms with Crippen molar-refractivity contribution in [3.63, 3.8) is 0 Å². The van der Waals surface area contributed by atoms with Crippen LogP contribution in [-0.4, -0.2) is 0 Å². The lowest BCUT2D eigenvalue weighted by molar-refractivity contribution is 0.431. The molecule has 2 nitrogen and oxygen atoms in total. The third kappa shape index (κ3) is 3.37. The van der Waals surface area contributed by atoms with Gasteiger partial charge in [0.05, 0.1) is 6.54 Å². The fourth-order valence-electron chi connectivity index (χ4n) is 2.03. The van der Waals surface area contributed by atoms with Crippen LogP contribution >= 0.6 is 11.6 Å². The summed E-state index contributed by atoms with van der Waals surface area (Å²) in [5.41, 5.74) is 1.22. The molecular weight excluding hydrogens is 246 g/mol. The van der Waals surface area contributed by atoms with Crippen LogP contribution in [0.2, 0.25) is 5.02 Å². The largest absolute Gasteiger partial charge is 0.465 e. The lowest BCUT2D eigenvalue weighted by atomic mass is 10.0. The number of rotatable bonds is 5. The second-order valence-corrected chi connectivity index (χ2v) is 4.85. The molecule has 0 saturated carbocycles. The first kappa shape index (κ1) is 13.2. The van der Waals surface area contributed by atoms with E-state index in [2.05, 4.69) is 18.3 Å². The van der Waals surface area contributed by atoms with Crippen molar-refractivity contribution in [1.29, 1.82) is 0 Å². The van der Waals surface area contributed by atoms with Crippen LogP contribution in [0.1, 0.15) is 36.5 Å². The number of halogens is 1. The van der Waals surface area contributed by atoms with Gasteiger partial charge in [0.2, 0.25) is 0 Å². The Labute approximate surface area is 113 Å². The smallest absolute Gasteiger partial charge is 0.117 e. The van der Waals surface area contributed by atoms with Gasteiger partial charge in [0.1, 0.15) is 11.5 Å². The highest BCUT2D eigenvalue weighted by molar-refractivity contribution is 6.30. The van der Waals surface area contributed by atoms with Gasteiger partial charge in [0.15, 0.2) is 0 Å². The molecule has 1 aromatic carbocycles. The lowest BCUT2D eigenvalue weighted by Gasteiger charge is -2.16. The molecule has 0 fully saturated rings. The average Bonchev–Trinajstić information content (AvgIpc) is 2.76. The zero-order valence-electron chi connectivity index (χ0n) is 10.7. The Morgan fingerprint density at radius 3 is 2.72 bits per heavy atom. The lowest BCUT2D eigenvalue weighted by Crippen LogP contribution is -2.19. The molecule has 2 rings (SSSR count). The van der Waals surface area contributed by atoms with Gasteiger partial charge in [-0.05, 0) is 43.2 Å². The summed E-state index contributed by atoms with van der Waals surface area (Å²) in [4.78, 5) is 0. The Bertz CT molecular complexity index is 507. The maximum Gasteiger partial charge on any atom is 0.117 e. The number of hydrogen-bond acceptors (Lipinski definition) is 2. The molecular formula is C15H18ClNO. The molecule has 0 aliphatic heterocycles. The topological polar surface area (TPSA) is 25.2 Å². The number of aryl methyl sites for hydroxylation is 1. The van der Waals surface area contributed by atoms with Crippen molar-refractivity contribution in [2.24, 2.45) is 0 Å².